The molecule has 0 saturated heterocycles. The van der Waals surface area contributed by atoms with Crippen LogP contribution in [0.5, 0.6) is 0 Å². The van der Waals surface area contributed by atoms with Gasteiger partial charge in [-0.3, -0.25) is 4.98 Å². The van der Waals surface area contributed by atoms with Gasteiger partial charge in [0, 0.05) is 31.5 Å². The zero-order valence-corrected chi connectivity index (χ0v) is 11.3. The topological polar surface area (TPSA) is 28.2 Å². The van der Waals surface area contributed by atoms with Crippen LogP contribution in [0.15, 0.2) is 24.5 Å². The second kappa shape index (κ2) is 8.20. The van der Waals surface area contributed by atoms with E-state index in [1.807, 2.05) is 18.5 Å². The number of pyridine rings is 1. The van der Waals surface area contributed by atoms with Crippen molar-refractivity contribution >= 4 is 0 Å². The molecule has 1 atom stereocenters. The maximum absolute atomic E-state index is 4.14. The first-order valence-electron chi connectivity index (χ1n) is 6.57. The molecule has 0 spiro atoms. The van der Waals surface area contributed by atoms with Crippen molar-refractivity contribution in [3.05, 3.63) is 30.1 Å². The third-order valence-corrected chi connectivity index (χ3v) is 2.88. The van der Waals surface area contributed by atoms with E-state index in [2.05, 4.69) is 42.2 Å². The lowest BCUT2D eigenvalue weighted by molar-refractivity contribution is 0.277. The molecule has 1 aromatic heterocycles. The SMILES string of the molecule is CCCNC(CC)CN(C)Cc1cccnc1. The quantitative estimate of drug-likeness (QED) is 0.749. The van der Waals surface area contributed by atoms with Gasteiger partial charge >= 0.3 is 0 Å². The van der Waals surface area contributed by atoms with Crippen LogP contribution in [0.4, 0.5) is 0 Å². The average Bonchev–Trinajstić information content (AvgIpc) is 2.35. The number of nitrogens with one attached hydrogen (secondary N) is 1. The smallest absolute Gasteiger partial charge is 0.0312 e. The van der Waals surface area contributed by atoms with E-state index >= 15 is 0 Å². The number of nitrogens with zero attached hydrogens (tertiary/aromatic N) is 2. The predicted molar refractivity (Wildman–Crippen MR) is 72.9 cm³/mol. The Balaban J connectivity index is 2.34. The summed E-state index contributed by atoms with van der Waals surface area (Å²) in [6, 6.07) is 4.72. The van der Waals surface area contributed by atoms with Gasteiger partial charge in [0.15, 0.2) is 0 Å². The molecule has 0 fully saturated rings. The first-order valence-corrected chi connectivity index (χ1v) is 6.57. The van der Waals surface area contributed by atoms with Crippen LogP contribution < -0.4 is 5.32 Å². The summed E-state index contributed by atoms with van der Waals surface area (Å²) in [5, 5.41) is 3.58. The lowest BCUT2D eigenvalue weighted by Crippen LogP contribution is -2.39. The minimum absolute atomic E-state index is 0.594. The summed E-state index contributed by atoms with van der Waals surface area (Å²) in [6.07, 6.45) is 6.14. The van der Waals surface area contributed by atoms with Crippen LogP contribution >= 0.6 is 0 Å². The van der Waals surface area contributed by atoms with Crippen LogP contribution in [0, 0.1) is 0 Å². The lowest BCUT2D eigenvalue weighted by Gasteiger charge is -2.24. The molecule has 0 aliphatic rings. The van der Waals surface area contributed by atoms with E-state index in [4.69, 9.17) is 0 Å². The highest BCUT2D eigenvalue weighted by molar-refractivity contribution is 5.07. The average molecular weight is 235 g/mol. The summed E-state index contributed by atoms with van der Waals surface area (Å²) < 4.78 is 0. The molecule has 0 amide bonds. The van der Waals surface area contributed by atoms with E-state index in [0.717, 1.165) is 19.6 Å². The van der Waals surface area contributed by atoms with Gasteiger partial charge in [0.2, 0.25) is 0 Å². The molecule has 0 aliphatic heterocycles. The van der Waals surface area contributed by atoms with Crippen molar-refractivity contribution in [2.75, 3.05) is 20.1 Å². The molecule has 1 rings (SSSR count). The summed E-state index contributed by atoms with van der Waals surface area (Å²) in [7, 11) is 2.17. The molecule has 1 N–H and O–H groups in total. The van der Waals surface area contributed by atoms with Gasteiger partial charge in [-0.05, 0) is 38.1 Å². The molecule has 0 bridgehead atoms. The Hall–Kier alpha value is -0.930. The summed E-state index contributed by atoms with van der Waals surface area (Å²) >= 11 is 0. The number of hydrogen-bond donors (Lipinski definition) is 1. The van der Waals surface area contributed by atoms with Gasteiger partial charge in [0.1, 0.15) is 0 Å². The fourth-order valence-corrected chi connectivity index (χ4v) is 1.93. The van der Waals surface area contributed by atoms with Crippen LogP contribution in [0.2, 0.25) is 0 Å². The summed E-state index contributed by atoms with van der Waals surface area (Å²) in [4.78, 5) is 6.50. The van der Waals surface area contributed by atoms with Crippen molar-refractivity contribution in [2.24, 2.45) is 0 Å². The Morgan fingerprint density at radius 1 is 1.41 bits per heavy atom. The fourth-order valence-electron chi connectivity index (χ4n) is 1.93. The molecule has 17 heavy (non-hydrogen) atoms. The zero-order valence-electron chi connectivity index (χ0n) is 11.3. The number of hydrogen-bond acceptors (Lipinski definition) is 3. The van der Waals surface area contributed by atoms with Gasteiger partial charge in [-0.2, -0.15) is 0 Å². The molecule has 1 unspecified atom stereocenters. The second-order valence-corrected chi connectivity index (χ2v) is 4.62. The van der Waals surface area contributed by atoms with Crippen LogP contribution in [-0.2, 0) is 6.54 Å². The van der Waals surface area contributed by atoms with Gasteiger partial charge in [-0.15, -0.1) is 0 Å². The zero-order chi connectivity index (χ0) is 12.5. The summed E-state index contributed by atoms with van der Waals surface area (Å²) in [5.41, 5.74) is 1.28. The van der Waals surface area contributed by atoms with Gasteiger partial charge in [0.05, 0.1) is 0 Å². The molecule has 1 aromatic rings. The minimum atomic E-state index is 0.594. The molecule has 0 saturated carbocycles. The predicted octanol–water partition coefficient (Wildman–Crippen LogP) is 2.29. The second-order valence-electron chi connectivity index (χ2n) is 4.62. The maximum atomic E-state index is 4.14. The van der Waals surface area contributed by atoms with Gasteiger partial charge in [0.25, 0.3) is 0 Å². The van der Waals surface area contributed by atoms with E-state index in [1.165, 1.54) is 18.4 Å². The Morgan fingerprint density at radius 2 is 2.24 bits per heavy atom. The highest BCUT2D eigenvalue weighted by atomic mass is 15.1. The van der Waals surface area contributed by atoms with Crippen molar-refractivity contribution in [1.82, 2.24) is 15.2 Å². The molecule has 3 nitrogen and oxygen atoms in total. The van der Waals surface area contributed by atoms with Crippen LogP contribution in [0.25, 0.3) is 0 Å². The van der Waals surface area contributed by atoms with Crippen molar-refractivity contribution in [2.45, 2.75) is 39.3 Å². The molecular weight excluding hydrogens is 210 g/mol. The van der Waals surface area contributed by atoms with Crippen molar-refractivity contribution in [3.8, 4) is 0 Å². The Labute approximate surface area is 105 Å². The van der Waals surface area contributed by atoms with E-state index in [9.17, 15) is 0 Å². The maximum Gasteiger partial charge on any atom is 0.0312 e. The van der Waals surface area contributed by atoms with Gasteiger partial charge in [-0.25, -0.2) is 0 Å². The van der Waals surface area contributed by atoms with Crippen molar-refractivity contribution in [3.63, 3.8) is 0 Å². The Bertz CT molecular complexity index is 287. The van der Waals surface area contributed by atoms with E-state index in [0.29, 0.717) is 6.04 Å². The highest BCUT2D eigenvalue weighted by Crippen LogP contribution is 2.02. The number of aromatic nitrogens is 1. The normalized spacial score (nSPS) is 12.9. The van der Waals surface area contributed by atoms with E-state index in [-0.39, 0.29) is 0 Å². The minimum Gasteiger partial charge on any atom is -0.313 e. The molecule has 96 valence electrons. The number of likely N-dealkylation sites (N-methyl/N-ethyl adjacent to an activating group) is 1. The van der Waals surface area contributed by atoms with Crippen molar-refractivity contribution < 1.29 is 0 Å². The third-order valence-electron chi connectivity index (χ3n) is 2.88. The molecule has 3 heteroatoms. The van der Waals surface area contributed by atoms with Crippen LogP contribution in [-0.4, -0.2) is 36.1 Å². The first kappa shape index (κ1) is 14.1. The van der Waals surface area contributed by atoms with E-state index in [1.54, 1.807) is 0 Å². The Kier molecular flexibility index (Phi) is 6.82. The fraction of sp³-hybridized carbons (Fsp3) is 0.643. The van der Waals surface area contributed by atoms with Gasteiger partial charge < -0.3 is 10.2 Å². The monoisotopic (exact) mass is 235 g/mol. The van der Waals surface area contributed by atoms with Crippen molar-refractivity contribution in [1.29, 1.82) is 0 Å². The molecule has 1 heterocycles. The number of rotatable bonds is 8. The van der Waals surface area contributed by atoms with Crippen LogP contribution in [0.3, 0.4) is 0 Å². The standard InChI is InChI=1S/C14H25N3/c1-4-8-16-14(5-2)12-17(3)11-13-7-6-9-15-10-13/h6-7,9-10,14,16H,4-5,8,11-12H2,1-3H3. The molecule has 0 aromatic carbocycles. The lowest BCUT2D eigenvalue weighted by atomic mass is 10.2. The third kappa shape index (κ3) is 5.80. The van der Waals surface area contributed by atoms with Gasteiger partial charge in [-0.1, -0.05) is 19.9 Å². The van der Waals surface area contributed by atoms with E-state index < -0.39 is 0 Å². The van der Waals surface area contributed by atoms with Crippen LogP contribution in [0.1, 0.15) is 32.3 Å². The Morgan fingerprint density at radius 3 is 2.82 bits per heavy atom. The summed E-state index contributed by atoms with van der Waals surface area (Å²) in [5.74, 6) is 0. The first-order chi connectivity index (χ1) is 8.26. The molecule has 0 radical (unpaired) electrons. The molecule has 0 aliphatic carbocycles. The molecular formula is C14H25N3. The largest absolute Gasteiger partial charge is 0.313 e. The summed E-state index contributed by atoms with van der Waals surface area (Å²) in [6.45, 7) is 7.62. The highest BCUT2D eigenvalue weighted by Gasteiger charge is 2.08.